The molecule has 2 aliphatic rings. The third-order valence-corrected chi connectivity index (χ3v) is 3.06. The average Bonchev–Trinajstić information content (AvgIpc) is 2.22. The van der Waals surface area contributed by atoms with Crippen molar-refractivity contribution in [2.45, 2.75) is 0 Å². The molecule has 2 fully saturated rings. The van der Waals surface area contributed by atoms with Crippen LogP contribution in [0.5, 0.6) is 0 Å². The molecule has 0 N–H and O–H groups in total. The summed E-state index contributed by atoms with van der Waals surface area (Å²) in [6.07, 6.45) is 0. The van der Waals surface area contributed by atoms with Crippen LogP contribution in [0.3, 0.4) is 0 Å². The zero-order chi connectivity index (χ0) is 5.56. The monoisotopic (exact) mass is 176 g/mol. The number of hydrogen-bond donors (Lipinski definition) is 0. The van der Waals surface area contributed by atoms with Crippen LogP contribution in [0.15, 0.2) is 0 Å². The van der Waals surface area contributed by atoms with Gasteiger partial charge in [-0.05, 0) is 17.8 Å². The quantitative estimate of drug-likeness (QED) is 0.548. The number of alkyl halides is 1. The first-order valence-corrected chi connectivity index (χ1v) is 4.19. The summed E-state index contributed by atoms with van der Waals surface area (Å²) in [6.45, 7) is 2.06. The number of halogens is 1. The lowest BCUT2D eigenvalue weighted by atomic mass is 10.4. The second-order valence-corrected chi connectivity index (χ2v) is 3.33. The molecule has 2 atom stereocenters. The Labute approximate surface area is 57.5 Å². The van der Waals surface area contributed by atoms with Crippen LogP contribution in [-0.4, -0.2) is 18.5 Å². The maximum atomic E-state index is 5.22. The van der Waals surface area contributed by atoms with Gasteiger partial charge in [0.1, 0.15) is 0 Å². The van der Waals surface area contributed by atoms with Crippen molar-refractivity contribution in [1.82, 2.24) is 0 Å². The predicted octanol–water partition coefficient (Wildman–Crippen LogP) is 1.27. The summed E-state index contributed by atoms with van der Waals surface area (Å²) in [5.41, 5.74) is 0. The van der Waals surface area contributed by atoms with Gasteiger partial charge in [0.05, 0.1) is 13.2 Å². The van der Waals surface area contributed by atoms with E-state index in [0.717, 1.165) is 31.0 Å². The molecule has 1 nitrogen and oxygen atoms in total. The predicted molar refractivity (Wildman–Crippen MR) is 35.1 cm³/mol. The first-order valence-electron chi connectivity index (χ1n) is 3.07. The Morgan fingerprint density at radius 3 is 2.38 bits per heavy atom. The number of hydrogen-bond acceptors (Lipinski definition) is 1. The van der Waals surface area contributed by atoms with Crippen molar-refractivity contribution in [2.24, 2.45) is 17.8 Å². The molecule has 0 radical (unpaired) electrons. The highest BCUT2D eigenvalue weighted by atomic mass is 79.9. The van der Waals surface area contributed by atoms with Crippen molar-refractivity contribution in [3.8, 4) is 0 Å². The van der Waals surface area contributed by atoms with E-state index in [1.54, 1.807) is 0 Å². The van der Waals surface area contributed by atoms with Gasteiger partial charge in [-0.1, -0.05) is 15.9 Å². The van der Waals surface area contributed by atoms with Gasteiger partial charge < -0.3 is 4.74 Å². The van der Waals surface area contributed by atoms with Crippen LogP contribution in [0.25, 0.3) is 0 Å². The fraction of sp³-hybridized carbons (Fsp3) is 1.00. The van der Waals surface area contributed by atoms with Crippen molar-refractivity contribution in [1.29, 1.82) is 0 Å². The summed E-state index contributed by atoms with van der Waals surface area (Å²) < 4.78 is 5.22. The van der Waals surface area contributed by atoms with Crippen LogP contribution in [0, 0.1) is 17.8 Å². The van der Waals surface area contributed by atoms with E-state index in [9.17, 15) is 0 Å². The van der Waals surface area contributed by atoms with E-state index in [1.165, 1.54) is 5.33 Å². The molecule has 2 heteroatoms. The number of ether oxygens (including phenoxy) is 1. The maximum absolute atomic E-state index is 5.22. The molecule has 0 aromatic carbocycles. The van der Waals surface area contributed by atoms with E-state index in [2.05, 4.69) is 15.9 Å². The molecule has 0 aromatic heterocycles. The Balaban J connectivity index is 1.94. The molecule has 2 unspecified atom stereocenters. The molecular formula is C6H9BrO. The fourth-order valence-electron chi connectivity index (χ4n) is 1.59. The van der Waals surface area contributed by atoms with Crippen LogP contribution in [0.2, 0.25) is 0 Å². The fourth-order valence-corrected chi connectivity index (χ4v) is 2.55. The first kappa shape index (κ1) is 5.24. The SMILES string of the molecule is BrCC1C2COCC12. The van der Waals surface area contributed by atoms with Gasteiger partial charge in [0.25, 0.3) is 0 Å². The normalized spacial score (nSPS) is 51.4. The zero-order valence-corrected chi connectivity index (χ0v) is 6.23. The van der Waals surface area contributed by atoms with Crippen molar-refractivity contribution in [3.05, 3.63) is 0 Å². The Hall–Kier alpha value is 0.440. The van der Waals surface area contributed by atoms with Gasteiger partial charge >= 0.3 is 0 Å². The van der Waals surface area contributed by atoms with E-state index in [0.29, 0.717) is 0 Å². The molecule has 1 aliphatic carbocycles. The Morgan fingerprint density at radius 2 is 2.00 bits per heavy atom. The molecule has 1 heterocycles. The van der Waals surface area contributed by atoms with Gasteiger partial charge in [-0.3, -0.25) is 0 Å². The highest BCUT2D eigenvalue weighted by molar-refractivity contribution is 9.09. The van der Waals surface area contributed by atoms with Crippen LogP contribution in [-0.2, 0) is 4.74 Å². The van der Waals surface area contributed by atoms with Gasteiger partial charge in [0.15, 0.2) is 0 Å². The van der Waals surface area contributed by atoms with E-state index in [1.807, 2.05) is 0 Å². The third-order valence-electron chi connectivity index (χ3n) is 2.31. The minimum Gasteiger partial charge on any atom is -0.381 e. The molecule has 0 amide bonds. The summed E-state index contributed by atoms with van der Waals surface area (Å²) in [4.78, 5) is 0. The Morgan fingerprint density at radius 1 is 1.38 bits per heavy atom. The Bertz CT molecular complexity index is 87.9. The largest absolute Gasteiger partial charge is 0.381 e. The van der Waals surface area contributed by atoms with Gasteiger partial charge in [0, 0.05) is 5.33 Å². The number of rotatable bonds is 1. The van der Waals surface area contributed by atoms with Gasteiger partial charge in [-0.2, -0.15) is 0 Å². The van der Waals surface area contributed by atoms with Crippen molar-refractivity contribution in [2.75, 3.05) is 18.5 Å². The summed E-state index contributed by atoms with van der Waals surface area (Å²) in [5.74, 6) is 2.81. The molecule has 0 spiro atoms. The van der Waals surface area contributed by atoms with Gasteiger partial charge in [-0.25, -0.2) is 0 Å². The molecular weight excluding hydrogens is 168 g/mol. The van der Waals surface area contributed by atoms with Crippen molar-refractivity contribution < 1.29 is 4.74 Å². The van der Waals surface area contributed by atoms with E-state index >= 15 is 0 Å². The van der Waals surface area contributed by atoms with Crippen molar-refractivity contribution >= 4 is 15.9 Å². The smallest absolute Gasteiger partial charge is 0.0501 e. The van der Waals surface area contributed by atoms with Crippen LogP contribution in [0.4, 0.5) is 0 Å². The van der Waals surface area contributed by atoms with E-state index in [4.69, 9.17) is 4.74 Å². The highest BCUT2D eigenvalue weighted by Crippen LogP contribution is 2.51. The van der Waals surface area contributed by atoms with Crippen LogP contribution < -0.4 is 0 Å². The Kier molecular flexibility index (Phi) is 1.12. The van der Waals surface area contributed by atoms with Crippen molar-refractivity contribution in [3.63, 3.8) is 0 Å². The maximum Gasteiger partial charge on any atom is 0.0501 e. The van der Waals surface area contributed by atoms with Crippen LogP contribution in [0.1, 0.15) is 0 Å². The standard InChI is InChI=1S/C6H9BrO/c7-1-4-5-2-8-3-6(4)5/h4-6H,1-3H2. The first-order chi connectivity index (χ1) is 3.93. The average molecular weight is 177 g/mol. The van der Waals surface area contributed by atoms with Crippen LogP contribution >= 0.6 is 15.9 Å². The minimum absolute atomic E-state index is 0.925. The second-order valence-electron chi connectivity index (χ2n) is 2.68. The lowest BCUT2D eigenvalue weighted by Gasteiger charge is -1.96. The molecule has 0 aromatic rings. The molecule has 1 aliphatic heterocycles. The lowest BCUT2D eigenvalue weighted by Crippen LogP contribution is -1.97. The summed E-state index contributed by atoms with van der Waals surface area (Å²) in [6, 6.07) is 0. The lowest BCUT2D eigenvalue weighted by molar-refractivity contribution is 0.154. The molecule has 0 bridgehead atoms. The molecule has 1 saturated carbocycles. The molecule has 8 heavy (non-hydrogen) atoms. The topological polar surface area (TPSA) is 9.23 Å². The van der Waals surface area contributed by atoms with E-state index < -0.39 is 0 Å². The summed E-state index contributed by atoms with van der Waals surface area (Å²) in [7, 11) is 0. The van der Waals surface area contributed by atoms with Gasteiger partial charge in [0.2, 0.25) is 0 Å². The second kappa shape index (κ2) is 1.71. The van der Waals surface area contributed by atoms with E-state index in [-0.39, 0.29) is 0 Å². The number of fused-ring (bicyclic) bond motifs is 1. The zero-order valence-electron chi connectivity index (χ0n) is 4.64. The molecule has 2 rings (SSSR count). The van der Waals surface area contributed by atoms with Gasteiger partial charge in [-0.15, -0.1) is 0 Å². The molecule has 1 saturated heterocycles. The highest BCUT2D eigenvalue weighted by Gasteiger charge is 2.52. The summed E-state index contributed by atoms with van der Waals surface area (Å²) >= 11 is 3.48. The minimum atomic E-state index is 0.925. The summed E-state index contributed by atoms with van der Waals surface area (Å²) in [5, 5.41) is 1.19. The third kappa shape index (κ3) is 0.560. The molecule has 46 valence electrons.